The monoisotopic (exact) mass is 416 g/mol. The highest BCUT2D eigenvalue weighted by Crippen LogP contribution is 2.27. The first-order valence-electron chi connectivity index (χ1n) is 8.64. The van der Waals surface area contributed by atoms with Crippen LogP contribution >= 0.6 is 11.3 Å². The van der Waals surface area contributed by atoms with E-state index in [9.17, 15) is 13.2 Å². The molecule has 2 aromatic carbocycles. The molecule has 1 atom stereocenters. The van der Waals surface area contributed by atoms with E-state index in [2.05, 4.69) is 15.5 Å². The third-order valence-corrected chi connectivity index (χ3v) is 6.08. The SMILES string of the molecule is CC[C@@H](C(=O)Nc1nnc(-c2ccccc2)s1)N(c1ccccc1)S(C)(=O)=O. The maximum Gasteiger partial charge on any atom is 0.250 e. The van der Waals surface area contributed by atoms with E-state index in [4.69, 9.17) is 0 Å². The number of aromatic nitrogens is 2. The highest BCUT2D eigenvalue weighted by Gasteiger charge is 2.31. The molecule has 0 aliphatic carbocycles. The summed E-state index contributed by atoms with van der Waals surface area (Å²) in [7, 11) is -3.66. The number of rotatable bonds is 7. The van der Waals surface area contributed by atoms with Crippen molar-refractivity contribution in [1.82, 2.24) is 10.2 Å². The van der Waals surface area contributed by atoms with Crippen LogP contribution < -0.4 is 9.62 Å². The smallest absolute Gasteiger partial charge is 0.250 e. The molecule has 0 unspecified atom stereocenters. The molecule has 0 spiro atoms. The standard InChI is InChI=1S/C19H20N4O3S2/c1-3-16(23(28(2,25)26)15-12-8-5-9-13-15)17(24)20-19-22-21-18(27-19)14-10-6-4-7-11-14/h4-13,16H,3H2,1-2H3,(H,20,22,24)/t16-/m0/s1. The van der Waals surface area contributed by atoms with Gasteiger partial charge in [0.15, 0.2) is 0 Å². The fourth-order valence-corrected chi connectivity index (χ4v) is 4.76. The highest BCUT2D eigenvalue weighted by molar-refractivity contribution is 7.92. The van der Waals surface area contributed by atoms with Crippen molar-refractivity contribution in [1.29, 1.82) is 0 Å². The van der Waals surface area contributed by atoms with E-state index in [-0.39, 0.29) is 0 Å². The molecule has 0 aliphatic heterocycles. The van der Waals surface area contributed by atoms with Crippen LogP contribution in [0.3, 0.4) is 0 Å². The van der Waals surface area contributed by atoms with Gasteiger partial charge in [-0.15, -0.1) is 10.2 Å². The van der Waals surface area contributed by atoms with Gasteiger partial charge in [0.05, 0.1) is 11.9 Å². The summed E-state index contributed by atoms with van der Waals surface area (Å²) in [6.07, 6.45) is 1.40. The minimum absolute atomic E-state index is 0.304. The second-order valence-corrected chi connectivity index (χ2v) is 8.92. The molecule has 3 aromatic rings. The van der Waals surface area contributed by atoms with Crippen molar-refractivity contribution in [3.63, 3.8) is 0 Å². The second-order valence-electron chi connectivity index (χ2n) is 6.09. The fraction of sp³-hybridized carbons (Fsp3) is 0.211. The first-order chi connectivity index (χ1) is 13.4. The Kier molecular flexibility index (Phi) is 6.05. The second kappa shape index (κ2) is 8.49. The maximum atomic E-state index is 12.9. The van der Waals surface area contributed by atoms with Crippen LogP contribution in [0.2, 0.25) is 0 Å². The van der Waals surface area contributed by atoms with E-state index in [1.54, 1.807) is 37.3 Å². The number of carbonyl (C=O) groups excluding carboxylic acids is 1. The Labute approximate surface area is 168 Å². The van der Waals surface area contributed by atoms with Crippen LogP contribution in [0.5, 0.6) is 0 Å². The highest BCUT2D eigenvalue weighted by atomic mass is 32.2. The van der Waals surface area contributed by atoms with Crippen LogP contribution in [0.1, 0.15) is 13.3 Å². The molecular weight excluding hydrogens is 396 g/mol. The number of hydrogen-bond donors (Lipinski definition) is 1. The van der Waals surface area contributed by atoms with E-state index >= 15 is 0 Å². The third-order valence-electron chi connectivity index (χ3n) is 4.02. The first-order valence-corrected chi connectivity index (χ1v) is 11.3. The molecule has 1 N–H and O–H groups in total. The molecule has 7 nitrogen and oxygen atoms in total. The van der Waals surface area contributed by atoms with Crippen LogP contribution in [0.25, 0.3) is 10.6 Å². The summed E-state index contributed by atoms with van der Waals surface area (Å²) in [4.78, 5) is 12.9. The van der Waals surface area contributed by atoms with Crippen molar-refractivity contribution in [2.75, 3.05) is 15.9 Å². The van der Waals surface area contributed by atoms with Crippen molar-refractivity contribution in [3.05, 3.63) is 60.7 Å². The number of carbonyl (C=O) groups is 1. The van der Waals surface area contributed by atoms with E-state index in [0.29, 0.717) is 22.2 Å². The Morgan fingerprint density at radius 3 is 2.25 bits per heavy atom. The van der Waals surface area contributed by atoms with Crippen molar-refractivity contribution >= 4 is 38.1 Å². The Hall–Kier alpha value is -2.78. The molecule has 0 saturated carbocycles. The van der Waals surface area contributed by atoms with Gasteiger partial charge in [-0.2, -0.15) is 0 Å². The van der Waals surface area contributed by atoms with Gasteiger partial charge in [-0.05, 0) is 18.6 Å². The lowest BCUT2D eigenvalue weighted by Gasteiger charge is -2.29. The molecule has 0 fully saturated rings. The van der Waals surface area contributed by atoms with Gasteiger partial charge >= 0.3 is 0 Å². The predicted octanol–water partition coefficient (Wildman–Crippen LogP) is 3.39. The van der Waals surface area contributed by atoms with E-state index in [1.165, 1.54) is 11.3 Å². The van der Waals surface area contributed by atoms with Crippen molar-refractivity contribution < 1.29 is 13.2 Å². The van der Waals surface area contributed by atoms with Crippen LogP contribution in [0, 0.1) is 0 Å². The van der Waals surface area contributed by atoms with E-state index < -0.39 is 22.0 Å². The average Bonchev–Trinajstić information content (AvgIpc) is 3.14. The molecule has 0 aliphatic rings. The molecular formula is C19H20N4O3S2. The Morgan fingerprint density at radius 2 is 1.68 bits per heavy atom. The Bertz CT molecular complexity index is 1040. The number of amides is 1. The molecule has 1 heterocycles. The van der Waals surface area contributed by atoms with Gasteiger partial charge in [0.1, 0.15) is 11.0 Å². The summed E-state index contributed by atoms with van der Waals surface area (Å²) < 4.78 is 25.9. The lowest BCUT2D eigenvalue weighted by Crippen LogP contribution is -2.46. The van der Waals surface area contributed by atoms with Gasteiger partial charge in [0.2, 0.25) is 21.1 Å². The van der Waals surface area contributed by atoms with Crippen molar-refractivity contribution in [2.24, 2.45) is 0 Å². The van der Waals surface area contributed by atoms with Crippen LogP contribution in [0.15, 0.2) is 60.7 Å². The van der Waals surface area contributed by atoms with Crippen LogP contribution in [-0.4, -0.2) is 36.8 Å². The van der Waals surface area contributed by atoms with Gasteiger partial charge in [-0.25, -0.2) is 8.42 Å². The molecule has 28 heavy (non-hydrogen) atoms. The number of hydrogen-bond acceptors (Lipinski definition) is 6. The Balaban J connectivity index is 1.84. The number of benzene rings is 2. The number of sulfonamides is 1. The third kappa shape index (κ3) is 4.55. The van der Waals surface area contributed by atoms with Crippen LogP contribution in [-0.2, 0) is 14.8 Å². The quantitative estimate of drug-likeness (QED) is 0.637. The normalized spacial score (nSPS) is 12.4. The predicted molar refractivity (Wildman–Crippen MR) is 112 cm³/mol. The van der Waals surface area contributed by atoms with Gasteiger partial charge < -0.3 is 0 Å². The molecule has 0 radical (unpaired) electrons. The van der Waals surface area contributed by atoms with Gasteiger partial charge in [0, 0.05) is 5.56 Å². The molecule has 1 aromatic heterocycles. The fourth-order valence-electron chi connectivity index (χ4n) is 2.80. The van der Waals surface area contributed by atoms with Crippen LogP contribution in [0.4, 0.5) is 10.8 Å². The Morgan fingerprint density at radius 1 is 1.07 bits per heavy atom. The van der Waals surface area contributed by atoms with Gasteiger partial charge in [0.25, 0.3) is 0 Å². The number of nitrogens with one attached hydrogen (secondary N) is 1. The summed E-state index contributed by atoms with van der Waals surface area (Å²) >= 11 is 1.24. The van der Waals surface area contributed by atoms with E-state index in [1.807, 2.05) is 30.3 Å². The van der Waals surface area contributed by atoms with E-state index in [0.717, 1.165) is 16.1 Å². The lowest BCUT2D eigenvalue weighted by atomic mass is 10.2. The van der Waals surface area contributed by atoms with Gasteiger partial charge in [-0.3, -0.25) is 14.4 Å². The van der Waals surface area contributed by atoms with Crippen molar-refractivity contribution in [2.45, 2.75) is 19.4 Å². The lowest BCUT2D eigenvalue weighted by molar-refractivity contribution is -0.117. The summed E-state index contributed by atoms with van der Waals surface area (Å²) in [6.45, 7) is 1.76. The molecule has 1 amide bonds. The zero-order valence-corrected chi connectivity index (χ0v) is 17.1. The molecule has 3 rings (SSSR count). The minimum Gasteiger partial charge on any atom is -0.299 e. The maximum absolute atomic E-state index is 12.9. The number of anilines is 2. The topological polar surface area (TPSA) is 92.3 Å². The minimum atomic E-state index is -3.66. The molecule has 9 heteroatoms. The largest absolute Gasteiger partial charge is 0.299 e. The summed E-state index contributed by atoms with van der Waals surface area (Å²) in [5.74, 6) is -0.451. The number of nitrogens with zero attached hydrogens (tertiary/aromatic N) is 3. The zero-order valence-electron chi connectivity index (χ0n) is 15.4. The number of para-hydroxylation sites is 1. The summed E-state index contributed by atoms with van der Waals surface area (Å²) in [5.41, 5.74) is 1.34. The van der Waals surface area contributed by atoms with Gasteiger partial charge in [-0.1, -0.05) is 66.8 Å². The summed E-state index contributed by atoms with van der Waals surface area (Å²) in [6, 6.07) is 17.2. The molecule has 0 saturated heterocycles. The van der Waals surface area contributed by atoms with Crippen molar-refractivity contribution in [3.8, 4) is 10.6 Å². The zero-order chi connectivity index (χ0) is 20.1. The molecule has 0 bridgehead atoms. The average molecular weight is 417 g/mol. The first kappa shape index (κ1) is 20.0. The molecule has 146 valence electrons. The summed E-state index contributed by atoms with van der Waals surface area (Å²) in [5, 5.41) is 11.8.